The van der Waals surface area contributed by atoms with E-state index in [1.165, 1.54) is 30.3 Å². The lowest BCUT2D eigenvalue weighted by molar-refractivity contribution is 0.0955. The number of para-hydroxylation sites is 1. The number of halogens is 1. The van der Waals surface area contributed by atoms with Gasteiger partial charge in [-0.2, -0.15) is 0 Å². The number of anilines is 2. The van der Waals surface area contributed by atoms with Crippen molar-refractivity contribution in [3.05, 3.63) is 113 Å². The number of benzene rings is 4. The van der Waals surface area contributed by atoms with Crippen LogP contribution in [0.15, 0.2) is 95.9 Å². The topological polar surface area (TPSA) is 123 Å². The van der Waals surface area contributed by atoms with Gasteiger partial charge in [-0.15, -0.1) is 0 Å². The Morgan fingerprint density at radius 3 is 2.20 bits per heavy atom. The average molecular weight is 594 g/mol. The minimum absolute atomic E-state index is 0.0401. The summed E-state index contributed by atoms with van der Waals surface area (Å²) in [5.41, 5.74) is 1.86. The Bertz CT molecular complexity index is 1660. The zero-order valence-corrected chi connectivity index (χ0v) is 23.9. The molecular formula is C30H28ClN3O6S. The van der Waals surface area contributed by atoms with Crippen LogP contribution in [-0.2, 0) is 16.4 Å². The van der Waals surface area contributed by atoms with Gasteiger partial charge in [-0.1, -0.05) is 48.0 Å². The summed E-state index contributed by atoms with van der Waals surface area (Å²) < 4.78 is 38.3. The average Bonchev–Trinajstić information content (AvgIpc) is 2.98. The van der Waals surface area contributed by atoms with Crippen molar-refractivity contribution in [2.45, 2.75) is 11.3 Å². The molecule has 0 saturated heterocycles. The van der Waals surface area contributed by atoms with Gasteiger partial charge in [-0.05, 0) is 66.6 Å². The van der Waals surface area contributed by atoms with E-state index in [1.807, 2.05) is 12.1 Å². The predicted octanol–water partition coefficient (Wildman–Crippen LogP) is 5.38. The minimum atomic E-state index is -3.86. The fourth-order valence-electron chi connectivity index (χ4n) is 3.98. The molecule has 0 fully saturated rings. The number of hydrogen-bond donors (Lipinski definition) is 3. The van der Waals surface area contributed by atoms with E-state index in [-0.39, 0.29) is 32.6 Å². The van der Waals surface area contributed by atoms with Crippen molar-refractivity contribution in [3.63, 3.8) is 0 Å². The molecule has 0 aromatic heterocycles. The molecule has 0 aliphatic carbocycles. The van der Waals surface area contributed by atoms with E-state index in [1.54, 1.807) is 62.8 Å². The number of amides is 2. The van der Waals surface area contributed by atoms with Crippen LogP contribution in [0.1, 0.15) is 26.3 Å². The Morgan fingerprint density at radius 2 is 1.49 bits per heavy atom. The molecule has 41 heavy (non-hydrogen) atoms. The molecule has 4 rings (SSSR count). The van der Waals surface area contributed by atoms with Crippen molar-refractivity contribution in [1.82, 2.24) is 5.32 Å². The summed E-state index contributed by atoms with van der Waals surface area (Å²) >= 11 is 6.31. The SMILES string of the molecule is COc1ccc(CCNC(=O)c2ccccc2NC(=O)c2ccc(NS(=O)(=O)c3ccccc3)c(Cl)c2)cc1OC. The first-order valence-electron chi connectivity index (χ1n) is 12.5. The molecule has 4 aromatic carbocycles. The highest BCUT2D eigenvalue weighted by molar-refractivity contribution is 7.92. The van der Waals surface area contributed by atoms with Crippen molar-refractivity contribution in [2.75, 3.05) is 30.8 Å². The zero-order chi connectivity index (χ0) is 29.4. The fourth-order valence-corrected chi connectivity index (χ4v) is 5.36. The first-order chi connectivity index (χ1) is 19.7. The van der Waals surface area contributed by atoms with Crippen LogP contribution in [0.4, 0.5) is 11.4 Å². The van der Waals surface area contributed by atoms with Crippen LogP contribution in [0.25, 0.3) is 0 Å². The van der Waals surface area contributed by atoms with Crippen molar-refractivity contribution >= 4 is 44.8 Å². The highest BCUT2D eigenvalue weighted by Gasteiger charge is 2.18. The number of ether oxygens (including phenoxy) is 2. The molecule has 212 valence electrons. The second-order valence-electron chi connectivity index (χ2n) is 8.81. The van der Waals surface area contributed by atoms with Gasteiger partial charge in [0.25, 0.3) is 21.8 Å². The van der Waals surface area contributed by atoms with Crippen molar-refractivity contribution in [3.8, 4) is 11.5 Å². The van der Waals surface area contributed by atoms with E-state index >= 15 is 0 Å². The first-order valence-corrected chi connectivity index (χ1v) is 14.3. The molecule has 4 aromatic rings. The van der Waals surface area contributed by atoms with E-state index in [2.05, 4.69) is 15.4 Å². The number of carbonyl (C=O) groups excluding carboxylic acids is 2. The number of methoxy groups -OCH3 is 2. The Kier molecular flexibility index (Phi) is 9.49. The minimum Gasteiger partial charge on any atom is -0.493 e. The number of rotatable bonds is 11. The highest BCUT2D eigenvalue weighted by atomic mass is 35.5. The smallest absolute Gasteiger partial charge is 0.261 e. The molecule has 0 unspecified atom stereocenters. The maximum absolute atomic E-state index is 13.0. The molecule has 11 heteroatoms. The zero-order valence-electron chi connectivity index (χ0n) is 22.3. The molecule has 0 heterocycles. The molecule has 0 atom stereocenters. The van der Waals surface area contributed by atoms with E-state index in [0.29, 0.717) is 30.2 Å². The summed E-state index contributed by atoms with van der Waals surface area (Å²) in [5, 5.41) is 5.65. The van der Waals surface area contributed by atoms with Gasteiger partial charge < -0.3 is 20.1 Å². The van der Waals surface area contributed by atoms with E-state index < -0.39 is 15.9 Å². The lowest BCUT2D eigenvalue weighted by Gasteiger charge is -2.13. The van der Waals surface area contributed by atoms with Crippen molar-refractivity contribution in [1.29, 1.82) is 0 Å². The summed E-state index contributed by atoms with van der Waals surface area (Å²) in [6.07, 6.45) is 0.555. The Hall–Kier alpha value is -4.54. The summed E-state index contributed by atoms with van der Waals surface area (Å²) in [4.78, 5) is 26.0. The van der Waals surface area contributed by atoms with Crippen LogP contribution in [0.5, 0.6) is 11.5 Å². The van der Waals surface area contributed by atoms with Gasteiger partial charge >= 0.3 is 0 Å². The van der Waals surface area contributed by atoms with E-state index in [4.69, 9.17) is 21.1 Å². The Labute approximate surface area is 243 Å². The Morgan fingerprint density at radius 1 is 0.780 bits per heavy atom. The van der Waals surface area contributed by atoms with Gasteiger partial charge in [-0.3, -0.25) is 14.3 Å². The van der Waals surface area contributed by atoms with E-state index in [9.17, 15) is 18.0 Å². The number of sulfonamides is 1. The first kappa shape index (κ1) is 29.4. The van der Waals surface area contributed by atoms with E-state index in [0.717, 1.165) is 5.56 Å². The standard InChI is InChI=1S/C30H28ClN3O6S/c1-39-27-15-12-20(18-28(27)40-2)16-17-32-30(36)23-10-6-7-11-25(23)33-29(35)21-13-14-26(24(31)19-21)34-41(37,38)22-8-4-3-5-9-22/h3-15,18-19,34H,16-17H2,1-2H3,(H,32,36)(H,33,35). The molecule has 0 bridgehead atoms. The quantitative estimate of drug-likeness (QED) is 0.214. The molecular weight excluding hydrogens is 566 g/mol. The maximum Gasteiger partial charge on any atom is 0.261 e. The van der Waals surface area contributed by atoms with Crippen LogP contribution < -0.4 is 24.8 Å². The molecule has 9 nitrogen and oxygen atoms in total. The third-order valence-corrected chi connectivity index (χ3v) is 7.79. The molecule has 0 spiro atoms. The summed E-state index contributed by atoms with van der Waals surface area (Å²) in [6.45, 7) is 0.354. The lowest BCUT2D eigenvalue weighted by atomic mass is 10.1. The number of nitrogens with one attached hydrogen (secondary N) is 3. The van der Waals surface area contributed by atoms with Crippen LogP contribution in [-0.4, -0.2) is 41.0 Å². The third kappa shape index (κ3) is 7.36. The fraction of sp³-hybridized carbons (Fsp3) is 0.133. The van der Waals surface area contributed by atoms with Gasteiger partial charge in [-0.25, -0.2) is 8.42 Å². The maximum atomic E-state index is 13.0. The largest absolute Gasteiger partial charge is 0.493 e. The van der Waals surface area contributed by atoms with Crippen LogP contribution in [0.3, 0.4) is 0 Å². The number of hydrogen-bond acceptors (Lipinski definition) is 6. The lowest BCUT2D eigenvalue weighted by Crippen LogP contribution is -2.27. The molecule has 0 aliphatic rings. The highest BCUT2D eigenvalue weighted by Crippen LogP contribution is 2.28. The van der Waals surface area contributed by atoms with Gasteiger partial charge in [0.05, 0.1) is 41.1 Å². The Balaban J connectivity index is 1.40. The number of carbonyl (C=O) groups is 2. The van der Waals surface area contributed by atoms with Crippen LogP contribution in [0.2, 0.25) is 5.02 Å². The monoisotopic (exact) mass is 593 g/mol. The molecule has 2 amide bonds. The third-order valence-electron chi connectivity index (χ3n) is 6.10. The molecule has 0 aliphatic heterocycles. The van der Waals surface area contributed by atoms with Gasteiger partial charge in [0.1, 0.15) is 0 Å². The molecule has 3 N–H and O–H groups in total. The second-order valence-corrected chi connectivity index (χ2v) is 10.9. The second kappa shape index (κ2) is 13.2. The van der Waals surface area contributed by atoms with Crippen LogP contribution >= 0.6 is 11.6 Å². The van der Waals surface area contributed by atoms with Crippen molar-refractivity contribution in [2.24, 2.45) is 0 Å². The van der Waals surface area contributed by atoms with Gasteiger partial charge in [0, 0.05) is 12.1 Å². The van der Waals surface area contributed by atoms with Crippen molar-refractivity contribution < 1.29 is 27.5 Å². The van der Waals surface area contributed by atoms with Gasteiger partial charge in [0.2, 0.25) is 0 Å². The normalized spacial score (nSPS) is 10.9. The summed E-state index contributed by atoms with van der Waals surface area (Å²) in [7, 11) is -0.732. The van der Waals surface area contributed by atoms with Gasteiger partial charge in [0.15, 0.2) is 11.5 Å². The summed E-state index contributed by atoms with van der Waals surface area (Å²) in [5.74, 6) is 0.348. The van der Waals surface area contributed by atoms with Crippen LogP contribution in [0, 0.1) is 0 Å². The molecule has 0 radical (unpaired) electrons. The molecule has 0 saturated carbocycles. The summed E-state index contributed by atoms with van der Waals surface area (Å²) in [6, 6.07) is 24.2. The predicted molar refractivity (Wildman–Crippen MR) is 159 cm³/mol.